The summed E-state index contributed by atoms with van der Waals surface area (Å²) in [4.78, 5) is 24.7. The number of aryl methyl sites for hydroxylation is 2. The molecule has 3 aromatic rings. The van der Waals surface area contributed by atoms with Crippen LogP contribution in [0.25, 0.3) is 0 Å². The Morgan fingerprint density at radius 1 is 0.853 bits per heavy atom. The van der Waals surface area contributed by atoms with Crippen molar-refractivity contribution >= 4 is 38.9 Å². The molecule has 0 aliphatic heterocycles. The molecule has 0 aromatic heterocycles. The van der Waals surface area contributed by atoms with Gasteiger partial charge in [-0.25, -0.2) is 8.42 Å². The molecule has 0 fully saturated rings. The van der Waals surface area contributed by atoms with E-state index in [4.69, 9.17) is 4.74 Å². The summed E-state index contributed by atoms with van der Waals surface area (Å²) in [5.74, 6) is 0.00571. The number of anilines is 3. The maximum Gasteiger partial charge on any atom is 0.261 e. The second-order valence-electron chi connectivity index (χ2n) is 7.70. The quantitative estimate of drug-likeness (QED) is 0.431. The lowest BCUT2D eigenvalue weighted by Gasteiger charge is -2.14. The lowest BCUT2D eigenvalue weighted by Crippen LogP contribution is -2.18. The Hall–Kier alpha value is -3.85. The largest absolute Gasteiger partial charge is 0.497 e. The SMILES string of the molecule is CCC(=O)Nc1ccc(C)c(NC(=O)c2cc(S(=O)(=O)Nc3ccc(OC)cc3)ccc2C)c1. The number of methoxy groups -OCH3 is 1. The van der Waals surface area contributed by atoms with Crippen molar-refractivity contribution in [2.75, 3.05) is 22.5 Å². The molecular weight excluding hydrogens is 454 g/mol. The molecule has 3 rings (SSSR count). The molecule has 0 aliphatic rings. The summed E-state index contributed by atoms with van der Waals surface area (Å²) >= 11 is 0. The smallest absolute Gasteiger partial charge is 0.261 e. The third kappa shape index (κ3) is 5.93. The zero-order valence-corrected chi connectivity index (χ0v) is 20.2. The number of benzene rings is 3. The van der Waals surface area contributed by atoms with Gasteiger partial charge in [0, 0.05) is 29.0 Å². The number of nitrogens with one attached hydrogen (secondary N) is 3. The number of hydrogen-bond donors (Lipinski definition) is 3. The number of sulfonamides is 1. The Labute approximate surface area is 199 Å². The fourth-order valence-corrected chi connectivity index (χ4v) is 4.24. The molecule has 0 atom stereocenters. The average molecular weight is 482 g/mol. The predicted octanol–water partition coefficient (Wildman–Crippen LogP) is 4.71. The molecule has 0 radical (unpaired) electrons. The second-order valence-corrected chi connectivity index (χ2v) is 9.38. The number of amides is 2. The highest BCUT2D eigenvalue weighted by molar-refractivity contribution is 7.92. The molecule has 0 heterocycles. The molecule has 0 spiro atoms. The van der Waals surface area contributed by atoms with Crippen LogP contribution in [0.2, 0.25) is 0 Å². The van der Waals surface area contributed by atoms with Gasteiger partial charge in [-0.2, -0.15) is 0 Å². The molecular formula is C25H27N3O5S. The first-order chi connectivity index (χ1) is 16.1. The predicted molar refractivity (Wildman–Crippen MR) is 133 cm³/mol. The zero-order valence-electron chi connectivity index (χ0n) is 19.4. The van der Waals surface area contributed by atoms with Gasteiger partial charge in [0.25, 0.3) is 15.9 Å². The van der Waals surface area contributed by atoms with Crippen molar-refractivity contribution in [2.45, 2.75) is 32.1 Å². The number of carbonyl (C=O) groups excluding carboxylic acids is 2. The highest BCUT2D eigenvalue weighted by Crippen LogP contribution is 2.24. The molecule has 34 heavy (non-hydrogen) atoms. The summed E-state index contributed by atoms with van der Waals surface area (Å²) < 4.78 is 33.4. The number of hydrogen-bond acceptors (Lipinski definition) is 5. The van der Waals surface area contributed by atoms with E-state index in [0.717, 1.165) is 5.56 Å². The summed E-state index contributed by atoms with van der Waals surface area (Å²) in [7, 11) is -2.40. The molecule has 0 saturated carbocycles. The fourth-order valence-electron chi connectivity index (χ4n) is 3.16. The van der Waals surface area contributed by atoms with Crippen LogP contribution < -0.4 is 20.1 Å². The van der Waals surface area contributed by atoms with E-state index >= 15 is 0 Å². The molecule has 0 aliphatic carbocycles. The van der Waals surface area contributed by atoms with Crippen molar-refractivity contribution in [1.29, 1.82) is 0 Å². The van der Waals surface area contributed by atoms with E-state index in [0.29, 0.717) is 34.8 Å². The van der Waals surface area contributed by atoms with E-state index in [1.165, 1.54) is 19.2 Å². The van der Waals surface area contributed by atoms with Gasteiger partial charge >= 0.3 is 0 Å². The van der Waals surface area contributed by atoms with Gasteiger partial charge in [-0.15, -0.1) is 0 Å². The first-order valence-corrected chi connectivity index (χ1v) is 12.1. The van der Waals surface area contributed by atoms with E-state index < -0.39 is 15.9 Å². The normalized spacial score (nSPS) is 10.9. The number of ether oxygens (including phenoxy) is 1. The molecule has 8 nitrogen and oxygen atoms in total. The Bertz CT molecular complexity index is 1320. The maximum absolute atomic E-state index is 13.1. The van der Waals surface area contributed by atoms with Crippen molar-refractivity contribution < 1.29 is 22.7 Å². The van der Waals surface area contributed by atoms with Crippen LogP contribution in [-0.4, -0.2) is 27.3 Å². The third-order valence-electron chi connectivity index (χ3n) is 5.20. The minimum absolute atomic E-state index is 0.0419. The maximum atomic E-state index is 13.1. The third-order valence-corrected chi connectivity index (χ3v) is 6.58. The van der Waals surface area contributed by atoms with E-state index in [9.17, 15) is 18.0 Å². The molecule has 178 valence electrons. The summed E-state index contributed by atoms with van der Waals surface area (Å²) in [5, 5.41) is 5.58. The first kappa shape index (κ1) is 24.8. The Kier molecular flexibility index (Phi) is 7.57. The van der Waals surface area contributed by atoms with Gasteiger partial charge in [-0.05, 0) is 73.5 Å². The minimum Gasteiger partial charge on any atom is -0.497 e. The van der Waals surface area contributed by atoms with E-state index in [1.807, 2.05) is 6.92 Å². The second kappa shape index (κ2) is 10.4. The Balaban J connectivity index is 1.85. The Morgan fingerprint density at radius 2 is 1.50 bits per heavy atom. The highest BCUT2D eigenvalue weighted by atomic mass is 32.2. The average Bonchev–Trinajstić information content (AvgIpc) is 2.81. The van der Waals surface area contributed by atoms with Gasteiger partial charge < -0.3 is 15.4 Å². The molecule has 0 bridgehead atoms. The van der Waals surface area contributed by atoms with Crippen LogP contribution in [-0.2, 0) is 14.8 Å². The van der Waals surface area contributed by atoms with Gasteiger partial charge in [0.15, 0.2) is 0 Å². The Morgan fingerprint density at radius 3 is 2.15 bits per heavy atom. The van der Waals surface area contributed by atoms with Gasteiger partial charge in [-0.3, -0.25) is 14.3 Å². The molecule has 3 aromatic carbocycles. The van der Waals surface area contributed by atoms with Crippen LogP contribution in [0.4, 0.5) is 17.1 Å². The van der Waals surface area contributed by atoms with Gasteiger partial charge in [0.1, 0.15) is 5.75 Å². The summed E-state index contributed by atoms with van der Waals surface area (Å²) in [6.07, 6.45) is 0.334. The fraction of sp³-hybridized carbons (Fsp3) is 0.200. The number of carbonyl (C=O) groups is 2. The van der Waals surface area contributed by atoms with Crippen LogP contribution in [0.3, 0.4) is 0 Å². The first-order valence-electron chi connectivity index (χ1n) is 10.6. The molecule has 3 N–H and O–H groups in total. The van der Waals surface area contributed by atoms with Crippen LogP contribution in [0, 0.1) is 13.8 Å². The van der Waals surface area contributed by atoms with Crippen molar-refractivity contribution in [3.63, 3.8) is 0 Å². The van der Waals surface area contributed by atoms with Crippen molar-refractivity contribution in [3.05, 3.63) is 77.4 Å². The molecule has 0 unspecified atom stereocenters. The summed E-state index contributed by atoms with van der Waals surface area (Å²) in [6, 6.07) is 16.0. The highest BCUT2D eigenvalue weighted by Gasteiger charge is 2.19. The minimum atomic E-state index is -3.93. The van der Waals surface area contributed by atoms with Crippen LogP contribution in [0.1, 0.15) is 34.8 Å². The van der Waals surface area contributed by atoms with Crippen molar-refractivity contribution in [1.82, 2.24) is 0 Å². The lowest BCUT2D eigenvalue weighted by atomic mass is 10.1. The number of rotatable bonds is 8. The lowest BCUT2D eigenvalue weighted by molar-refractivity contribution is -0.115. The van der Waals surface area contributed by atoms with Gasteiger partial charge in [-0.1, -0.05) is 19.1 Å². The van der Waals surface area contributed by atoms with E-state index in [1.54, 1.807) is 62.4 Å². The van der Waals surface area contributed by atoms with Crippen molar-refractivity contribution in [3.8, 4) is 5.75 Å². The molecule has 9 heteroatoms. The standard InChI is InChI=1S/C25H27N3O5S/c1-5-24(29)26-19-8-6-17(3)23(14-19)27-25(30)22-15-21(13-7-16(22)2)34(31,32)28-18-9-11-20(33-4)12-10-18/h6-15,28H,5H2,1-4H3,(H,26,29)(H,27,30). The summed E-state index contributed by atoms with van der Waals surface area (Å²) in [6.45, 7) is 5.31. The van der Waals surface area contributed by atoms with Crippen molar-refractivity contribution in [2.24, 2.45) is 0 Å². The monoisotopic (exact) mass is 481 g/mol. The van der Waals surface area contributed by atoms with Crippen LogP contribution in [0.15, 0.2) is 65.6 Å². The topological polar surface area (TPSA) is 114 Å². The van der Waals surface area contributed by atoms with Gasteiger partial charge in [0.05, 0.1) is 12.0 Å². The van der Waals surface area contributed by atoms with Crippen LogP contribution in [0.5, 0.6) is 5.75 Å². The van der Waals surface area contributed by atoms with E-state index in [-0.39, 0.29) is 16.4 Å². The summed E-state index contributed by atoms with van der Waals surface area (Å²) in [5.41, 5.74) is 3.08. The van der Waals surface area contributed by atoms with Crippen LogP contribution >= 0.6 is 0 Å². The van der Waals surface area contributed by atoms with Gasteiger partial charge in [0.2, 0.25) is 5.91 Å². The molecule has 0 saturated heterocycles. The zero-order chi connectivity index (χ0) is 24.9. The molecule has 2 amide bonds. The van der Waals surface area contributed by atoms with E-state index in [2.05, 4.69) is 15.4 Å².